The van der Waals surface area contributed by atoms with Gasteiger partial charge in [0.2, 0.25) is 10.0 Å². The zero-order valence-electron chi connectivity index (χ0n) is 20.1. The number of benzene rings is 2. The minimum Gasteiger partial charge on any atom is -0.368 e. The van der Waals surface area contributed by atoms with E-state index in [4.69, 9.17) is 4.74 Å². The van der Waals surface area contributed by atoms with Crippen molar-refractivity contribution in [2.45, 2.75) is 63.0 Å². The van der Waals surface area contributed by atoms with Crippen molar-refractivity contribution in [3.63, 3.8) is 0 Å². The molecule has 1 aliphatic carbocycles. The lowest BCUT2D eigenvalue weighted by molar-refractivity contribution is -0.157. The number of ether oxygens (including phenoxy) is 1. The summed E-state index contributed by atoms with van der Waals surface area (Å²) in [6, 6.07) is 6.21. The SMILES string of the molecule is CC(C)S(=O)(=O)N[C@@H]1[C@H](Cc2cccc(-c3cc(F)cc(F)c3)c2F)N(C(=O)[C@H]2CCO2)CC12CC2. The molecule has 0 radical (unpaired) electrons. The summed E-state index contributed by atoms with van der Waals surface area (Å²) in [4.78, 5) is 14.9. The molecule has 1 saturated carbocycles. The lowest BCUT2D eigenvalue weighted by Gasteiger charge is -2.34. The molecule has 0 unspecified atom stereocenters. The van der Waals surface area contributed by atoms with Crippen molar-refractivity contribution in [2.75, 3.05) is 13.2 Å². The predicted molar refractivity (Wildman–Crippen MR) is 128 cm³/mol. The average molecular weight is 523 g/mol. The summed E-state index contributed by atoms with van der Waals surface area (Å²) in [7, 11) is -3.67. The van der Waals surface area contributed by atoms with Crippen LogP contribution in [-0.2, 0) is 26.0 Å². The van der Waals surface area contributed by atoms with Crippen LogP contribution >= 0.6 is 0 Å². The van der Waals surface area contributed by atoms with E-state index in [-0.39, 0.29) is 29.0 Å². The van der Waals surface area contributed by atoms with Crippen LogP contribution in [0.5, 0.6) is 0 Å². The zero-order valence-corrected chi connectivity index (χ0v) is 21.0. The first-order valence-corrected chi connectivity index (χ1v) is 13.7. The van der Waals surface area contributed by atoms with Gasteiger partial charge in [-0.25, -0.2) is 26.3 Å². The van der Waals surface area contributed by atoms with E-state index in [1.54, 1.807) is 30.9 Å². The van der Waals surface area contributed by atoms with Crippen molar-refractivity contribution in [1.29, 1.82) is 0 Å². The molecule has 10 heteroatoms. The normalized spacial score (nSPS) is 24.8. The highest BCUT2D eigenvalue weighted by Gasteiger charge is 2.62. The average Bonchev–Trinajstić information content (AvgIpc) is 3.48. The summed E-state index contributed by atoms with van der Waals surface area (Å²) in [5.74, 6) is -2.51. The van der Waals surface area contributed by atoms with Crippen LogP contribution in [0.1, 0.15) is 38.7 Å². The maximum Gasteiger partial charge on any atom is 0.252 e. The van der Waals surface area contributed by atoms with Crippen molar-refractivity contribution < 1.29 is 31.1 Å². The minimum absolute atomic E-state index is 0.0320. The highest BCUT2D eigenvalue weighted by Crippen LogP contribution is 2.56. The second kappa shape index (κ2) is 9.15. The molecule has 5 rings (SSSR count). The van der Waals surface area contributed by atoms with Gasteiger partial charge in [0.15, 0.2) is 0 Å². The number of carbonyl (C=O) groups excluding carboxylic acids is 1. The van der Waals surface area contributed by atoms with Gasteiger partial charge in [0.25, 0.3) is 5.91 Å². The van der Waals surface area contributed by atoms with E-state index in [2.05, 4.69) is 4.72 Å². The highest BCUT2D eigenvalue weighted by atomic mass is 32.2. The number of nitrogens with zero attached hydrogens (tertiary/aromatic N) is 1. The standard InChI is InChI=1S/C26H29F3N2O4S/c1-15(2)36(33,34)30-24-21(31(14-26(24)7-8-26)25(32)22-6-9-35-22)12-16-4-3-5-20(23(16)29)17-10-18(27)13-19(28)11-17/h3-5,10-11,13,15,21-22,24,30H,6-9,12,14H2,1-2H3/t21-,22+,24+/m0/s1. The fourth-order valence-corrected chi connectivity index (χ4v) is 6.30. The zero-order chi connectivity index (χ0) is 25.8. The Morgan fingerprint density at radius 1 is 1.17 bits per heavy atom. The Morgan fingerprint density at radius 3 is 2.39 bits per heavy atom. The maximum absolute atomic E-state index is 15.7. The molecule has 2 aromatic carbocycles. The van der Waals surface area contributed by atoms with Gasteiger partial charge < -0.3 is 9.64 Å². The molecule has 2 aliphatic heterocycles. The van der Waals surface area contributed by atoms with Crippen molar-refractivity contribution in [2.24, 2.45) is 5.41 Å². The monoisotopic (exact) mass is 522 g/mol. The van der Waals surface area contributed by atoms with Gasteiger partial charge in [0, 0.05) is 36.1 Å². The van der Waals surface area contributed by atoms with Crippen LogP contribution in [0.3, 0.4) is 0 Å². The number of halogens is 3. The molecule has 1 spiro atoms. The number of sulfonamides is 1. The smallest absolute Gasteiger partial charge is 0.252 e. The van der Waals surface area contributed by atoms with Crippen molar-refractivity contribution in [3.8, 4) is 11.1 Å². The van der Waals surface area contributed by atoms with E-state index in [0.29, 0.717) is 19.6 Å². The topological polar surface area (TPSA) is 75.7 Å². The summed E-state index contributed by atoms with van der Waals surface area (Å²) in [6.45, 7) is 4.03. The Kier molecular flexibility index (Phi) is 6.41. The van der Waals surface area contributed by atoms with Crippen LogP contribution < -0.4 is 4.72 Å². The largest absolute Gasteiger partial charge is 0.368 e. The predicted octanol–water partition coefficient (Wildman–Crippen LogP) is 3.79. The van der Waals surface area contributed by atoms with Gasteiger partial charge in [-0.15, -0.1) is 0 Å². The third-order valence-electron chi connectivity index (χ3n) is 7.67. The van der Waals surface area contributed by atoms with Crippen molar-refractivity contribution in [3.05, 3.63) is 59.4 Å². The van der Waals surface area contributed by atoms with Gasteiger partial charge >= 0.3 is 0 Å². The Morgan fingerprint density at radius 2 is 1.83 bits per heavy atom. The second-order valence-corrected chi connectivity index (χ2v) is 12.6. The summed E-state index contributed by atoms with van der Waals surface area (Å²) in [5, 5.41) is -0.670. The third-order valence-corrected chi connectivity index (χ3v) is 9.50. The number of hydrogen-bond donors (Lipinski definition) is 1. The fourth-order valence-electron chi connectivity index (χ4n) is 5.27. The van der Waals surface area contributed by atoms with E-state index < -0.39 is 56.3 Å². The van der Waals surface area contributed by atoms with Gasteiger partial charge in [-0.2, -0.15) is 0 Å². The van der Waals surface area contributed by atoms with Crippen LogP contribution in [-0.4, -0.2) is 55.8 Å². The molecule has 2 saturated heterocycles. The number of carbonyl (C=O) groups is 1. The molecule has 6 nitrogen and oxygen atoms in total. The highest BCUT2D eigenvalue weighted by molar-refractivity contribution is 7.90. The van der Waals surface area contributed by atoms with Crippen LogP contribution in [0.25, 0.3) is 11.1 Å². The quantitative estimate of drug-likeness (QED) is 0.601. The van der Waals surface area contributed by atoms with Crippen LogP contribution in [0.15, 0.2) is 36.4 Å². The number of amides is 1. The minimum atomic E-state index is -3.67. The lowest BCUT2D eigenvalue weighted by atomic mass is 9.91. The molecule has 2 heterocycles. The van der Waals surface area contributed by atoms with Gasteiger partial charge in [0.1, 0.15) is 23.6 Å². The molecule has 1 amide bonds. The van der Waals surface area contributed by atoms with Gasteiger partial charge in [0.05, 0.1) is 17.9 Å². The molecule has 3 fully saturated rings. The molecule has 36 heavy (non-hydrogen) atoms. The molecule has 0 aromatic heterocycles. The van der Waals surface area contributed by atoms with E-state index in [0.717, 1.165) is 31.0 Å². The Bertz CT molecular complexity index is 1270. The number of hydrogen-bond acceptors (Lipinski definition) is 4. The van der Waals surface area contributed by atoms with Gasteiger partial charge in [-0.05, 0) is 56.4 Å². The van der Waals surface area contributed by atoms with E-state index in [9.17, 15) is 22.0 Å². The molecule has 2 aromatic rings. The molecule has 3 aliphatic rings. The van der Waals surface area contributed by atoms with Crippen molar-refractivity contribution in [1.82, 2.24) is 9.62 Å². The first kappa shape index (κ1) is 25.2. The van der Waals surface area contributed by atoms with E-state index >= 15 is 4.39 Å². The molecule has 194 valence electrons. The lowest BCUT2D eigenvalue weighted by Crippen LogP contribution is -2.53. The first-order chi connectivity index (χ1) is 17.0. The van der Waals surface area contributed by atoms with Gasteiger partial charge in [-0.3, -0.25) is 4.79 Å². The number of likely N-dealkylation sites (tertiary alicyclic amines) is 1. The van der Waals surface area contributed by atoms with Crippen LogP contribution in [0.2, 0.25) is 0 Å². The number of rotatable bonds is 7. The Balaban J connectivity index is 1.52. The van der Waals surface area contributed by atoms with Crippen LogP contribution in [0.4, 0.5) is 13.2 Å². The molecular formula is C26H29F3N2O4S. The summed E-state index contributed by atoms with van der Waals surface area (Å²) >= 11 is 0. The second-order valence-electron chi connectivity index (χ2n) is 10.4. The first-order valence-electron chi connectivity index (χ1n) is 12.2. The molecule has 3 atom stereocenters. The summed E-state index contributed by atoms with van der Waals surface area (Å²) < 4.78 is 77.3. The summed E-state index contributed by atoms with van der Waals surface area (Å²) in [6.07, 6.45) is 1.58. The maximum atomic E-state index is 15.7. The molecular weight excluding hydrogens is 493 g/mol. The van der Waals surface area contributed by atoms with Crippen LogP contribution in [0, 0.1) is 22.9 Å². The Labute approximate surface area is 208 Å². The van der Waals surface area contributed by atoms with E-state index in [1.165, 1.54) is 6.07 Å². The van der Waals surface area contributed by atoms with Gasteiger partial charge in [-0.1, -0.05) is 18.2 Å². The summed E-state index contributed by atoms with van der Waals surface area (Å²) in [5.41, 5.74) is -0.0680. The Hall–Kier alpha value is -2.43. The van der Waals surface area contributed by atoms with Crippen molar-refractivity contribution >= 4 is 15.9 Å². The van der Waals surface area contributed by atoms with E-state index in [1.807, 2.05) is 0 Å². The number of nitrogens with one attached hydrogen (secondary N) is 1. The third kappa shape index (κ3) is 4.54. The fraction of sp³-hybridized carbons (Fsp3) is 0.500. The molecule has 1 N–H and O–H groups in total. The molecule has 0 bridgehead atoms.